The number of aromatic nitrogens is 4. The van der Waals surface area contributed by atoms with E-state index in [4.69, 9.17) is 4.74 Å². The van der Waals surface area contributed by atoms with Crippen LogP contribution in [-0.4, -0.2) is 64.5 Å². The standard InChI is InChI=1S/C28H35F3N6O/c1-17(2)24-22-14-20(19-7-9-36(10-8-19)11-12-38-16-32-4)5-6-23(22)33-25(24)21-13-18(3)26-34-27(28(29,30)31)35-37(26)15-21/h5-6,13-15,17,19,32-33H,7-12,16H2,1-4H3. The van der Waals surface area contributed by atoms with Gasteiger partial charge in [-0.05, 0) is 86.6 Å². The van der Waals surface area contributed by atoms with Crippen LogP contribution in [0.2, 0.25) is 0 Å². The smallest absolute Gasteiger partial charge is 0.365 e. The summed E-state index contributed by atoms with van der Waals surface area (Å²) in [5.74, 6) is -0.410. The van der Waals surface area contributed by atoms with Gasteiger partial charge in [0.2, 0.25) is 0 Å². The second kappa shape index (κ2) is 10.7. The summed E-state index contributed by atoms with van der Waals surface area (Å²) in [6.45, 7) is 10.4. The highest BCUT2D eigenvalue weighted by atomic mass is 19.4. The zero-order valence-corrected chi connectivity index (χ0v) is 22.3. The molecule has 0 radical (unpaired) electrons. The van der Waals surface area contributed by atoms with Gasteiger partial charge in [-0.15, -0.1) is 5.10 Å². The molecule has 0 bridgehead atoms. The Bertz CT molecular complexity index is 1420. The van der Waals surface area contributed by atoms with Crippen molar-refractivity contribution in [2.45, 2.75) is 51.6 Å². The van der Waals surface area contributed by atoms with Crippen molar-refractivity contribution in [1.29, 1.82) is 0 Å². The summed E-state index contributed by atoms with van der Waals surface area (Å²) in [5.41, 5.74) is 6.10. The van der Waals surface area contributed by atoms with Crippen LogP contribution in [0, 0.1) is 6.92 Å². The fraction of sp³-hybridized carbons (Fsp3) is 0.500. The van der Waals surface area contributed by atoms with E-state index in [9.17, 15) is 13.2 Å². The number of hydrogen-bond acceptors (Lipinski definition) is 5. The lowest BCUT2D eigenvalue weighted by Gasteiger charge is -2.32. The molecule has 7 nitrogen and oxygen atoms in total. The number of rotatable bonds is 8. The number of nitrogens with one attached hydrogen (secondary N) is 2. The van der Waals surface area contributed by atoms with E-state index in [1.807, 2.05) is 13.1 Å². The van der Waals surface area contributed by atoms with Gasteiger partial charge in [-0.25, -0.2) is 9.50 Å². The number of H-pyrrole nitrogens is 1. The SMILES string of the molecule is CNCOCCN1CCC(c2ccc3[nH]c(-c4cc(C)c5nc(C(F)(F)F)nn5c4)c(C(C)C)c3c2)CC1. The predicted molar refractivity (Wildman–Crippen MR) is 142 cm³/mol. The van der Waals surface area contributed by atoms with Crippen LogP contribution in [0.4, 0.5) is 13.2 Å². The maximum absolute atomic E-state index is 13.2. The fourth-order valence-electron chi connectivity index (χ4n) is 5.58. The normalized spacial score (nSPS) is 15.9. The summed E-state index contributed by atoms with van der Waals surface area (Å²) in [7, 11) is 1.88. The molecule has 0 unspecified atom stereocenters. The largest absolute Gasteiger partial charge is 0.453 e. The Labute approximate surface area is 220 Å². The third-order valence-corrected chi connectivity index (χ3v) is 7.46. The average molecular weight is 529 g/mol. The van der Waals surface area contributed by atoms with Crippen LogP contribution in [-0.2, 0) is 10.9 Å². The minimum Gasteiger partial charge on any atom is -0.365 e. The number of hydrogen-bond donors (Lipinski definition) is 2. The summed E-state index contributed by atoms with van der Waals surface area (Å²) in [6, 6.07) is 8.55. The molecule has 5 rings (SSSR count). The van der Waals surface area contributed by atoms with Gasteiger partial charge < -0.3 is 14.6 Å². The first-order valence-corrected chi connectivity index (χ1v) is 13.2. The molecular weight excluding hydrogens is 493 g/mol. The van der Waals surface area contributed by atoms with E-state index in [2.05, 4.69) is 57.3 Å². The molecule has 1 saturated heterocycles. The molecule has 4 heterocycles. The first-order chi connectivity index (χ1) is 18.2. The molecule has 10 heteroatoms. The molecule has 0 spiro atoms. The van der Waals surface area contributed by atoms with Gasteiger partial charge in [-0.1, -0.05) is 19.9 Å². The Morgan fingerprint density at radius 2 is 1.95 bits per heavy atom. The zero-order valence-electron chi connectivity index (χ0n) is 22.3. The van der Waals surface area contributed by atoms with Crippen molar-refractivity contribution in [3.63, 3.8) is 0 Å². The van der Waals surface area contributed by atoms with Crippen LogP contribution in [0.3, 0.4) is 0 Å². The summed E-state index contributed by atoms with van der Waals surface area (Å²) in [5, 5.41) is 7.89. The lowest BCUT2D eigenvalue weighted by Crippen LogP contribution is -2.35. The lowest BCUT2D eigenvalue weighted by atomic mass is 9.87. The Kier molecular flexibility index (Phi) is 7.48. The summed E-state index contributed by atoms with van der Waals surface area (Å²) < 4.78 is 46.5. The molecule has 0 aliphatic carbocycles. The van der Waals surface area contributed by atoms with Gasteiger partial charge in [0.1, 0.15) is 0 Å². The van der Waals surface area contributed by atoms with E-state index in [0.717, 1.165) is 61.4 Å². The first-order valence-electron chi connectivity index (χ1n) is 13.2. The first kappa shape index (κ1) is 26.6. The van der Waals surface area contributed by atoms with Crippen molar-refractivity contribution >= 4 is 16.6 Å². The van der Waals surface area contributed by atoms with E-state index in [1.54, 1.807) is 13.1 Å². The van der Waals surface area contributed by atoms with E-state index >= 15 is 0 Å². The minimum atomic E-state index is -4.59. The van der Waals surface area contributed by atoms with Crippen LogP contribution in [0.15, 0.2) is 30.5 Å². The molecular formula is C28H35F3N6O. The predicted octanol–water partition coefficient (Wildman–Crippen LogP) is 5.70. The summed E-state index contributed by atoms with van der Waals surface area (Å²) in [4.78, 5) is 9.73. The van der Waals surface area contributed by atoms with Gasteiger partial charge in [0.15, 0.2) is 5.65 Å². The van der Waals surface area contributed by atoms with Gasteiger partial charge in [-0.3, -0.25) is 5.32 Å². The molecule has 4 aromatic rings. The number of nitrogens with zero attached hydrogens (tertiary/aromatic N) is 4. The van der Waals surface area contributed by atoms with E-state index in [1.165, 1.54) is 15.5 Å². The molecule has 0 saturated carbocycles. The van der Waals surface area contributed by atoms with Gasteiger partial charge >= 0.3 is 6.18 Å². The number of aromatic amines is 1. The highest BCUT2D eigenvalue weighted by Crippen LogP contribution is 2.39. The highest BCUT2D eigenvalue weighted by molar-refractivity contribution is 5.92. The number of benzene rings is 1. The molecule has 38 heavy (non-hydrogen) atoms. The second-order valence-corrected chi connectivity index (χ2v) is 10.5. The number of ether oxygens (including phenoxy) is 1. The van der Waals surface area contributed by atoms with Gasteiger partial charge in [0.05, 0.1) is 19.0 Å². The summed E-state index contributed by atoms with van der Waals surface area (Å²) in [6.07, 6.45) is -0.737. The van der Waals surface area contributed by atoms with Gasteiger partial charge in [0, 0.05) is 29.2 Å². The molecule has 204 valence electrons. The maximum atomic E-state index is 13.2. The number of aryl methyl sites for hydroxylation is 1. The average Bonchev–Trinajstić information content (AvgIpc) is 3.49. The Balaban J connectivity index is 1.44. The minimum absolute atomic E-state index is 0.213. The molecule has 1 aliphatic heterocycles. The van der Waals surface area contributed by atoms with E-state index in [-0.39, 0.29) is 11.6 Å². The molecule has 2 N–H and O–H groups in total. The molecule has 1 fully saturated rings. The lowest BCUT2D eigenvalue weighted by molar-refractivity contribution is -0.144. The number of fused-ring (bicyclic) bond motifs is 2. The molecule has 0 amide bonds. The van der Waals surface area contributed by atoms with Crippen LogP contribution >= 0.6 is 0 Å². The van der Waals surface area contributed by atoms with Crippen LogP contribution in [0.25, 0.3) is 27.8 Å². The Morgan fingerprint density at radius 3 is 2.63 bits per heavy atom. The molecule has 1 aliphatic rings. The molecule has 0 atom stereocenters. The van der Waals surface area contributed by atoms with Crippen molar-refractivity contribution in [3.05, 3.63) is 53.0 Å². The maximum Gasteiger partial charge on any atom is 0.453 e. The quantitative estimate of drug-likeness (QED) is 0.227. The monoisotopic (exact) mass is 528 g/mol. The number of piperidine rings is 1. The van der Waals surface area contributed by atoms with Crippen molar-refractivity contribution in [1.82, 2.24) is 29.8 Å². The van der Waals surface area contributed by atoms with Crippen molar-refractivity contribution < 1.29 is 17.9 Å². The van der Waals surface area contributed by atoms with Gasteiger partial charge in [-0.2, -0.15) is 13.2 Å². The third kappa shape index (κ3) is 5.30. The van der Waals surface area contributed by atoms with Gasteiger partial charge in [0.25, 0.3) is 5.82 Å². The van der Waals surface area contributed by atoms with Crippen LogP contribution < -0.4 is 5.32 Å². The van der Waals surface area contributed by atoms with Crippen molar-refractivity contribution in [3.8, 4) is 11.3 Å². The van der Waals surface area contributed by atoms with Crippen molar-refractivity contribution in [2.75, 3.05) is 40.0 Å². The van der Waals surface area contributed by atoms with Crippen LogP contribution in [0.1, 0.15) is 61.0 Å². The fourth-order valence-corrected chi connectivity index (χ4v) is 5.58. The Morgan fingerprint density at radius 1 is 1.18 bits per heavy atom. The number of halogens is 3. The number of likely N-dealkylation sites (tertiary alicyclic amines) is 1. The van der Waals surface area contributed by atoms with Crippen LogP contribution in [0.5, 0.6) is 0 Å². The number of pyridine rings is 1. The van der Waals surface area contributed by atoms with E-state index in [0.29, 0.717) is 18.2 Å². The van der Waals surface area contributed by atoms with E-state index < -0.39 is 12.0 Å². The molecule has 1 aromatic carbocycles. The van der Waals surface area contributed by atoms with Crippen molar-refractivity contribution in [2.24, 2.45) is 0 Å². The third-order valence-electron chi connectivity index (χ3n) is 7.46. The number of alkyl halides is 3. The highest BCUT2D eigenvalue weighted by Gasteiger charge is 2.36. The molecule has 3 aromatic heterocycles. The Hall–Kier alpha value is -2.95. The second-order valence-electron chi connectivity index (χ2n) is 10.5. The summed E-state index contributed by atoms with van der Waals surface area (Å²) >= 11 is 0. The topological polar surface area (TPSA) is 70.5 Å². The zero-order chi connectivity index (χ0) is 27.0.